The van der Waals surface area contributed by atoms with Crippen molar-refractivity contribution in [3.8, 4) is 22.8 Å². The van der Waals surface area contributed by atoms with Crippen LogP contribution in [0.15, 0.2) is 54.6 Å². The zero-order valence-electron chi connectivity index (χ0n) is 15.2. The molecule has 4 rings (SSSR count). The molecule has 0 fully saturated rings. The Morgan fingerprint density at radius 1 is 0.643 bits per heavy atom. The smallest absolute Gasteiger partial charge is 0.164 e. The maximum absolute atomic E-state index is 5.90. The van der Waals surface area contributed by atoms with Crippen LogP contribution in [-0.4, -0.2) is 40.4 Å². The first-order valence-corrected chi connectivity index (χ1v) is 9.53. The molecule has 8 nitrogen and oxygen atoms in total. The van der Waals surface area contributed by atoms with Crippen molar-refractivity contribution in [2.75, 3.05) is 0 Å². The van der Waals surface area contributed by atoms with Crippen LogP contribution >= 0.6 is 11.6 Å². The van der Waals surface area contributed by atoms with Crippen LogP contribution in [0.5, 0.6) is 0 Å². The van der Waals surface area contributed by atoms with E-state index in [-0.39, 0.29) is 0 Å². The summed E-state index contributed by atoms with van der Waals surface area (Å²) in [5.74, 6) is 1.26. The molecule has 0 bridgehead atoms. The number of hydrogen-bond acceptors (Lipinski definition) is 6. The van der Waals surface area contributed by atoms with Gasteiger partial charge in [-0.25, -0.2) is 0 Å². The third kappa shape index (κ3) is 4.58. The molecule has 0 radical (unpaired) electrons. The molecule has 0 saturated carbocycles. The molecule has 0 saturated heterocycles. The molecule has 9 heteroatoms. The van der Waals surface area contributed by atoms with Gasteiger partial charge >= 0.3 is 0 Å². The van der Waals surface area contributed by atoms with E-state index in [1.54, 1.807) is 9.59 Å². The Kier molecular flexibility index (Phi) is 5.67. The summed E-state index contributed by atoms with van der Waals surface area (Å²) in [5.41, 5.74) is 1.88. The minimum atomic E-state index is 0.608. The number of nitrogens with zero attached hydrogens (tertiary/aromatic N) is 8. The number of unbranched alkanes of at least 4 members (excludes halogenated alkanes) is 2. The van der Waals surface area contributed by atoms with Crippen molar-refractivity contribution in [1.82, 2.24) is 40.4 Å². The molecular formula is C19H19ClN8. The lowest BCUT2D eigenvalue weighted by atomic mass is 10.2. The van der Waals surface area contributed by atoms with Gasteiger partial charge in [0.2, 0.25) is 11.6 Å². The molecule has 28 heavy (non-hydrogen) atoms. The molecule has 2 aromatic carbocycles. The van der Waals surface area contributed by atoms with Crippen LogP contribution in [0.25, 0.3) is 22.8 Å². The van der Waals surface area contributed by atoms with Crippen molar-refractivity contribution in [2.24, 2.45) is 0 Å². The van der Waals surface area contributed by atoms with Crippen LogP contribution in [0.2, 0.25) is 5.02 Å². The minimum absolute atomic E-state index is 0.608. The molecule has 2 aromatic heterocycles. The molecule has 0 spiro atoms. The standard InChI is InChI=1S/C19H19ClN8/c20-17-11-9-16(10-12-17)19-22-26-28(24-19)14-6-2-5-13-27-23-18(21-25-27)15-7-3-1-4-8-15/h1,3-4,7-12H,2,5-6,13-14H2. The zero-order chi connectivity index (χ0) is 19.2. The van der Waals surface area contributed by atoms with Gasteiger partial charge in [0, 0.05) is 16.1 Å². The average Bonchev–Trinajstić information content (AvgIpc) is 3.39. The number of tetrazole rings is 2. The quantitative estimate of drug-likeness (QED) is 0.425. The lowest BCUT2D eigenvalue weighted by Crippen LogP contribution is -2.05. The first-order valence-electron chi connectivity index (χ1n) is 9.15. The summed E-state index contributed by atoms with van der Waals surface area (Å²) < 4.78 is 0. The Morgan fingerprint density at radius 3 is 1.75 bits per heavy atom. The summed E-state index contributed by atoms with van der Waals surface area (Å²) >= 11 is 5.90. The van der Waals surface area contributed by atoms with Gasteiger partial charge in [0.15, 0.2) is 0 Å². The van der Waals surface area contributed by atoms with E-state index in [1.165, 1.54) is 0 Å². The summed E-state index contributed by atoms with van der Waals surface area (Å²) in [5, 5.41) is 26.0. The number of benzene rings is 2. The van der Waals surface area contributed by atoms with Crippen LogP contribution in [0, 0.1) is 0 Å². The zero-order valence-corrected chi connectivity index (χ0v) is 15.9. The highest BCUT2D eigenvalue weighted by molar-refractivity contribution is 6.30. The fraction of sp³-hybridized carbons (Fsp3) is 0.263. The van der Waals surface area contributed by atoms with Gasteiger partial charge in [0.1, 0.15) is 0 Å². The summed E-state index contributed by atoms with van der Waals surface area (Å²) in [7, 11) is 0. The summed E-state index contributed by atoms with van der Waals surface area (Å²) in [6.45, 7) is 1.46. The molecule has 0 atom stereocenters. The lowest BCUT2D eigenvalue weighted by molar-refractivity contribution is 0.444. The van der Waals surface area contributed by atoms with Crippen molar-refractivity contribution < 1.29 is 0 Å². The fourth-order valence-electron chi connectivity index (χ4n) is 2.78. The van der Waals surface area contributed by atoms with Crippen LogP contribution < -0.4 is 0 Å². The van der Waals surface area contributed by atoms with E-state index in [0.29, 0.717) is 16.7 Å². The predicted octanol–water partition coefficient (Wildman–Crippen LogP) is 3.52. The SMILES string of the molecule is Clc1ccc(-c2nnn(CCCCCn3nnc(-c4ccccc4)n3)n2)cc1. The summed E-state index contributed by atoms with van der Waals surface area (Å²) in [6, 6.07) is 17.3. The molecular weight excluding hydrogens is 376 g/mol. The van der Waals surface area contributed by atoms with Crippen molar-refractivity contribution in [1.29, 1.82) is 0 Å². The molecule has 0 amide bonds. The topological polar surface area (TPSA) is 87.2 Å². The van der Waals surface area contributed by atoms with Crippen molar-refractivity contribution in [2.45, 2.75) is 32.4 Å². The highest BCUT2D eigenvalue weighted by Crippen LogP contribution is 2.17. The Bertz CT molecular complexity index is 1010. The fourth-order valence-corrected chi connectivity index (χ4v) is 2.90. The number of aromatic nitrogens is 8. The second-order valence-electron chi connectivity index (χ2n) is 6.35. The predicted molar refractivity (Wildman–Crippen MR) is 105 cm³/mol. The molecule has 4 aromatic rings. The maximum Gasteiger partial charge on any atom is 0.204 e. The third-order valence-corrected chi connectivity index (χ3v) is 4.51. The van der Waals surface area contributed by atoms with Crippen LogP contribution in [0.3, 0.4) is 0 Å². The second kappa shape index (κ2) is 8.71. The van der Waals surface area contributed by atoms with Gasteiger partial charge in [-0.1, -0.05) is 41.9 Å². The maximum atomic E-state index is 5.90. The van der Waals surface area contributed by atoms with E-state index >= 15 is 0 Å². The molecule has 0 N–H and O–H groups in total. The average molecular weight is 395 g/mol. The number of aryl methyl sites for hydroxylation is 2. The molecule has 0 unspecified atom stereocenters. The third-order valence-electron chi connectivity index (χ3n) is 4.26. The van der Waals surface area contributed by atoms with E-state index in [9.17, 15) is 0 Å². The van der Waals surface area contributed by atoms with E-state index in [1.807, 2.05) is 54.6 Å². The monoisotopic (exact) mass is 394 g/mol. The highest BCUT2D eigenvalue weighted by atomic mass is 35.5. The minimum Gasteiger partial charge on any atom is -0.164 e. The van der Waals surface area contributed by atoms with E-state index in [2.05, 4.69) is 30.8 Å². The molecule has 142 valence electrons. The summed E-state index contributed by atoms with van der Waals surface area (Å²) in [4.78, 5) is 3.28. The first kappa shape index (κ1) is 18.2. The number of rotatable bonds is 8. The molecule has 0 aliphatic carbocycles. The Labute approximate surface area is 167 Å². The summed E-state index contributed by atoms with van der Waals surface area (Å²) in [6.07, 6.45) is 2.93. The molecule has 0 aliphatic heterocycles. The first-order chi connectivity index (χ1) is 13.8. The van der Waals surface area contributed by atoms with Crippen molar-refractivity contribution in [3.05, 3.63) is 59.6 Å². The highest BCUT2D eigenvalue weighted by Gasteiger charge is 2.07. The van der Waals surface area contributed by atoms with E-state index in [0.717, 1.165) is 43.5 Å². The largest absolute Gasteiger partial charge is 0.204 e. The van der Waals surface area contributed by atoms with Gasteiger partial charge in [-0.15, -0.1) is 20.4 Å². The second-order valence-corrected chi connectivity index (χ2v) is 6.79. The van der Waals surface area contributed by atoms with Gasteiger partial charge in [0.05, 0.1) is 13.1 Å². The van der Waals surface area contributed by atoms with Gasteiger partial charge < -0.3 is 0 Å². The Morgan fingerprint density at radius 2 is 1.18 bits per heavy atom. The molecule has 2 heterocycles. The molecule has 0 aliphatic rings. The lowest BCUT2D eigenvalue weighted by Gasteiger charge is -2.00. The number of hydrogen-bond donors (Lipinski definition) is 0. The Hall–Kier alpha value is -3.13. The number of halogens is 1. The van der Waals surface area contributed by atoms with Crippen molar-refractivity contribution in [3.63, 3.8) is 0 Å². The Balaban J connectivity index is 1.21. The van der Waals surface area contributed by atoms with Gasteiger partial charge in [-0.3, -0.25) is 0 Å². The van der Waals surface area contributed by atoms with Crippen LogP contribution in [0.1, 0.15) is 19.3 Å². The van der Waals surface area contributed by atoms with Gasteiger partial charge in [-0.05, 0) is 54.0 Å². The van der Waals surface area contributed by atoms with Crippen LogP contribution in [0.4, 0.5) is 0 Å². The van der Waals surface area contributed by atoms with E-state index in [4.69, 9.17) is 11.6 Å². The van der Waals surface area contributed by atoms with Gasteiger partial charge in [-0.2, -0.15) is 9.59 Å². The van der Waals surface area contributed by atoms with Gasteiger partial charge in [0.25, 0.3) is 0 Å². The van der Waals surface area contributed by atoms with Crippen molar-refractivity contribution >= 4 is 11.6 Å². The normalized spacial score (nSPS) is 11.0. The van der Waals surface area contributed by atoms with E-state index < -0.39 is 0 Å². The van der Waals surface area contributed by atoms with Crippen LogP contribution in [-0.2, 0) is 13.1 Å².